The third kappa shape index (κ3) is 2.91. The predicted octanol–water partition coefficient (Wildman–Crippen LogP) is 2.96. The molecule has 5 nitrogen and oxygen atoms in total. The minimum Gasteiger partial charge on any atom is -0.480 e. The Morgan fingerprint density at radius 2 is 2.00 bits per heavy atom. The van der Waals surface area contributed by atoms with E-state index in [0.717, 1.165) is 9.88 Å². The summed E-state index contributed by atoms with van der Waals surface area (Å²) in [5, 5.41) is 6.62. The number of hydrogen-bond acceptors (Lipinski definition) is 3. The number of halogens is 1. The third-order valence-electron chi connectivity index (χ3n) is 4.75. The fourth-order valence-electron chi connectivity index (χ4n) is 3.42. The van der Waals surface area contributed by atoms with Gasteiger partial charge < -0.3 is 5.11 Å². The number of rotatable bonds is 4. The van der Waals surface area contributed by atoms with E-state index in [0.29, 0.717) is 12.0 Å². The zero-order chi connectivity index (χ0) is 18.2. The second-order valence-electron chi connectivity index (χ2n) is 6.42. The first-order chi connectivity index (χ1) is 11.8. The Hall–Kier alpha value is -1.99. The van der Waals surface area contributed by atoms with E-state index in [1.54, 1.807) is 37.3 Å². The quantitative estimate of drug-likeness (QED) is 0.890. The first-order valence-electron chi connectivity index (χ1n) is 8.15. The van der Waals surface area contributed by atoms with Gasteiger partial charge in [-0.25, -0.2) is 12.8 Å². The number of aliphatic carboxylic acids is 1. The van der Waals surface area contributed by atoms with Crippen LogP contribution >= 0.6 is 0 Å². The topological polar surface area (TPSA) is 74.7 Å². The molecule has 1 N–H and O–H groups in total. The van der Waals surface area contributed by atoms with Gasteiger partial charge in [-0.05, 0) is 25.3 Å². The molecule has 0 bridgehead atoms. The van der Waals surface area contributed by atoms with E-state index in [9.17, 15) is 18.3 Å². The van der Waals surface area contributed by atoms with Gasteiger partial charge in [-0.3, -0.25) is 4.79 Å². The van der Waals surface area contributed by atoms with Gasteiger partial charge in [-0.1, -0.05) is 48.1 Å². The number of alkyl halides is 1. The van der Waals surface area contributed by atoms with Gasteiger partial charge >= 0.3 is 5.97 Å². The lowest BCUT2D eigenvalue weighted by atomic mass is 9.92. The lowest BCUT2D eigenvalue weighted by Gasteiger charge is -2.35. The fourth-order valence-corrected chi connectivity index (χ4v) is 5.44. The van der Waals surface area contributed by atoms with E-state index in [1.807, 2.05) is 0 Å². The van der Waals surface area contributed by atoms with Gasteiger partial charge in [-0.2, -0.15) is 4.31 Å². The number of hydrogen-bond donors (Lipinski definition) is 1. The van der Waals surface area contributed by atoms with E-state index < -0.39 is 27.0 Å². The average molecular weight is 365 g/mol. The third-order valence-corrected chi connectivity index (χ3v) is 7.01. The van der Waals surface area contributed by atoms with Crippen molar-refractivity contribution in [1.29, 1.82) is 0 Å². The molecule has 0 spiro atoms. The van der Waals surface area contributed by atoms with Crippen molar-refractivity contribution in [2.45, 2.75) is 37.2 Å². The molecule has 0 aromatic heterocycles. The monoisotopic (exact) mass is 365 g/mol. The molecule has 1 aromatic carbocycles. The summed E-state index contributed by atoms with van der Waals surface area (Å²) >= 11 is 0. The molecule has 1 heterocycles. The number of nitrogens with zero attached hydrogens (tertiary/aromatic N) is 1. The lowest BCUT2D eigenvalue weighted by molar-refractivity contribution is -0.140. The molecule has 1 saturated heterocycles. The molecule has 25 heavy (non-hydrogen) atoms. The maximum absolute atomic E-state index is 16.0. The first-order valence-corrected chi connectivity index (χ1v) is 9.59. The fraction of sp³-hybridized carbons (Fsp3) is 0.389. The normalized spacial score (nSPS) is 27.7. The van der Waals surface area contributed by atoms with Gasteiger partial charge in [0, 0.05) is 18.5 Å². The van der Waals surface area contributed by atoms with Crippen LogP contribution in [0.4, 0.5) is 4.39 Å². The van der Waals surface area contributed by atoms with Gasteiger partial charge in [0.05, 0.1) is 0 Å². The van der Waals surface area contributed by atoms with Crippen LogP contribution in [0.5, 0.6) is 0 Å². The minimum atomic E-state index is -4.50. The van der Waals surface area contributed by atoms with Crippen LogP contribution in [0.25, 0.3) is 5.57 Å². The molecule has 2 aliphatic rings. The second kappa shape index (κ2) is 6.38. The van der Waals surface area contributed by atoms with E-state index in [1.165, 1.54) is 12.2 Å². The molecule has 134 valence electrons. The van der Waals surface area contributed by atoms with Crippen molar-refractivity contribution in [1.82, 2.24) is 4.31 Å². The lowest BCUT2D eigenvalue weighted by Crippen LogP contribution is -2.50. The Kier molecular flexibility index (Phi) is 4.55. The summed E-state index contributed by atoms with van der Waals surface area (Å²) in [5.41, 5.74) is 1.31. The van der Waals surface area contributed by atoms with Gasteiger partial charge in [0.25, 0.3) is 15.0 Å². The number of carbonyl (C=O) groups is 1. The van der Waals surface area contributed by atoms with Crippen molar-refractivity contribution in [2.24, 2.45) is 0 Å². The molecule has 2 atom stereocenters. The highest BCUT2D eigenvalue weighted by Gasteiger charge is 2.55. The Morgan fingerprint density at radius 1 is 1.32 bits per heavy atom. The average Bonchev–Trinajstić information content (AvgIpc) is 3.08. The molecule has 3 rings (SSSR count). The number of allylic oxidation sites excluding steroid dienone is 3. The molecule has 1 aromatic rings. The molecular weight excluding hydrogens is 345 g/mol. The molecule has 7 heteroatoms. The summed E-state index contributed by atoms with van der Waals surface area (Å²) in [6, 6.07) is 7.31. The maximum atomic E-state index is 16.0. The van der Waals surface area contributed by atoms with Gasteiger partial charge in [0.15, 0.2) is 0 Å². The summed E-state index contributed by atoms with van der Waals surface area (Å²) in [4.78, 5) is 11.4. The molecule has 1 aliphatic heterocycles. The summed E-state index contributed by atoms with van der Waals surface area (Å²) in [6.45, 7) is 1.81. The van der Waals surface area contributed by atoms with Gasteiger partial charge in [0.2, 0.25) is 0 Å². The van der Waals surface area contributed by atoms with Crippen molar-refractivity contribution < 1.29 is 22.7 Å². The van der Waals surface area contributed by atoms with Crippen LogP contribution in [0, 0.1) is 0 Å². The molecule has 0 saturated carbocycles. The largest absolute Gasteiger partial charge is 0.480 e. The van der Waals surface area contributed by atoms with E-state index in [2.05, 4.69) is 0 Å². The summed E-state index contributed by atoms with van der Waals surface area (Å²) < 4.78 is 43.1. The Morgan fingerprint density at radius 3 is 2.64 bits per heavy atom. The van der Waals surface area contributed by atoms with Crippen LogP contribution in [0.2, 0.25) is 0 Å². The maximum Gasteiger partial charge on any atom is 0.322 e. The van der Waals surface area contributed by atoms with Crippen molar-refractivity contribution >= 4 is 21.6 Å². The molecule has 1 unspecified atom stereocenters. The van der Waals surface area contributed by atoms with Crippen LogP contribution in [0.1, 0.15) is 31.7 Å². The Bertz CT molecular complexity index is 847. The SMILES string of the molecule is CC1=CCC(F)(S(=O)(=O)N2CCC[C@H]2C(=O)O)C(c2ccccc2)=C1. The highest BCUT2D eigenvalue weighted by Crippen LogP contribution is 2.45. The van der Waals surface area contributed by atoms with Crippen molar-refractivity contribution in [3.05, 3.63) is 53.6 Å². The van der Waals surface area contributed by atoms with E-state index in [-0.39, 0.29) is 25.0 Å². The number of sulfonamides is 1. The van der Waals surface area contributed by atoms with E-state index >= 15 is 4.39 Å². The first kappa shape index (κ1) is 17.8. The zero-order valence-corrected chi connectivity index (χ0v) is 14.7. The van der Waals surface area contributed by atoms with Crippen LogP contribution in [0.15, 0.2) is 48.1 Å². The standard InChI is InChI=1S/C18H20FNO4S/c1-13-9-10-18(19,15(12-13)14-6-3-2-4-7-14)25(23,24)20-11-5-8-16(20)17(21)22/h2-4,6-7,9,12,16H,5,8,10-11H2,1H3,(H,21,22)/t16-,18?/m0/s1. The highest BCUT2D eigenvalue weighted by molar-refractivity contribution is 7.90. The smallest absolute Gasteiger partial charge is 0.322 e. The second-order valence-corrected chi connectivity index (χ2v) is 8.48. The van der Waals surface area contributed by atoms with Crippen molar-refractivity contribution in [3.8, 4) is 0 Å². The van der Waals surface area contributed by atoms with Gasteiger partial charge in [0.1, 0.15) is 6.04 Å². The molecule has 0 amide bonds. The zero-order valence-electron chi connectivity index (χ0n) is 13.9. The van der Waals surface area contributed by atoms with E-state index in [4.69, 9.17) is 0 Å². The predicted molar refractivity (Wildman–Crippen MR) is 92.9 cm³/mol. The van der Waals surface area contributed by atoms with Crippen LogP contribution in [-0.2, 0) is 14.8 Å². The minimum absolute atomic E-state index is 0.0235. The Labute approximate surface area is 146 Å². The number of carboxylic acid groups (broad SMARTS) is 1. The summed E-state index contributed by atoms with van der Waals surface area (Å²) in [7, 11) is -4.50. The molecular formula is C18H20FNO4S. The summed E-state index contributed by atoms with van der Waals surface area (Å²) in [6.07, 6.45) is 3.35. The molecule has 1 fully saturated rings. The number of benzene rings is 1. The highest BCUT2D eigenvalue weighted by atomic mass is 32.2. The molecule has 0 radical (unpaired) electrons. The van der Waals surface area contributed by atoms with Crippen LogP contribution in [0.3, 0.4) is 0 Å². The van der Waals surface area contributed by atoms with Crippen molar-refractivity contribution in [2.75, 3.05) is 6.54 Å². The van der Waals surface area contributed by atoms with Crippen molar-refractivity contribution in [3.63, 3.8) is 0 Å². The molecule has 1 aliphatic carbocycles. The summed E-state index contributed by atoms with van der Waals surface area (Å²) in [5.74, 6) is -1.24. The van der Waals surface area contributed by atoms with Crippen LogP contribution < -0.4 is 0 Å². The van der Waals surface area contributed by atoms with Gasteiger partial charge in [-0.15, -0.1) is 0 Å². The number of carboxylic acids is 1. The Balaban J connectivity index is 2.10. The van der Waals surface area contributed by atoms with Crippen LogP contribution in [-0.4, -0.2) is 41.4 Å².